The molecular formula is C19H22N6O3S. The van der Waals surface area contributed by atoms with Crippen molar-refractivity contribution in [3.63, 3.8) is 0 Å². The fraction of sp³-hybridized carbons (Fsp3) is 0.263. The van der Waals surface area contributed by atoms with Crippen molar-refractivity contribution in [2.24, 2.45) is 0 Å². The van der Waals surface area contributed by atoms with E-state index in [0.717, 1.165) is 11.1 Å². The van der Waals surface area contributed by atoms with Crippen LogP contribution in [0, 0.1) is 0 Å². The number of amides is 1. The molecule has 1 amide bonds. The van der Waals surface area contributed by atoms with Crippen molar-refractivity contribution in [2.75, 3.05) is 25.8 Å². The van der Waals surface area contributed by atoms with Gasteiger partial charge in [-0.25, -0.2) is 4.68 Å². The number of pyridine rings is 1. The number of hydrogen-bond acceptors (Lipinski definition) is 8. The number of nitrogens with two attached hydrogens (primary N) is 1. The molecule has 0 aliphatic heterocycles. The highest BCUT2D eigenvalue weighted by atomic mass is 32.2. The van der Waals surface area contributed by atoms with Gasteiger partial charge in [0, 0.05) is 23.5 Å². The van der Waals surface area contributed by atoms with Gasteiger partial charge in [-0.3, -0.25) is 9.78 Å². The van der Waals surface area contributed by atoms with E-state index in [1.54, 1.807) is 38.7 Å². The zero-order valence-electron chi connectivity index (χ0n) is 16.3. The molecule has 0 aliphatic rings. The third-order valence-corrected chi connectivity index (χ3v) is 5.14. The predicted octanol–water partition coefficient (Wildman–Crippen LogP) is 2.04. The standard InChI is InChI=1S/C19H22N6O3S/c1-12(15-9-14(27-2)6-7-16(15)28-3)22-17(26)11-29-19-24-23-18(25(19)20)13-5-4-8-21-10-13/h4-10,12H,11,20H2,1-3H3,(H,22,26)/t12-/m1/s1. The molecule has 0 unspecified atom stereocenters. The number of methoxy groups -OCH3 is 2. The molecule has 3 N–H and O–H groups in total. The summed E-state index contributed by atoms with van der Waals surface area (Å²) in [6.07, 6.45) is 3.32. The first-order chi connectivity index (χ1) is 14.0. The molecule has 0 saturated carbocycles. The highest BCUT2D eigenvalue weighted by Gasteiger charge is 2.17. The number of aromatic nitrogens is 4. The van der Waals surface area contributed by atoms with Crippen LogP contribution in [-0.4, -0.2) is 45.7 Å². The Labute approximate surface area is 172 Å². The van der Waals surface area contributed by atoms with Gasteiger partial charge < -0.3 is 20.6 Å². The molecule has 2 aromatic heterocycles. The van der Waals surface area contributed by atoms with E-state index in [4.69, 9.17) is 15.3 Å². The van der Waals surface area contributed by atoms with E-state index in [9.17, 15) is 4.79 Å². The first kappa shape index (κ1) is 20.5. The SMILES string of the molecule is COc1ccc(OC)c([C@@H](C)NC(=O)CSc2nnc(-c3cccnc3)n2N)c1. The molecule has 3 rings (SSSR count). The number of nitrogen functional groups attached to an aromatic ring is 1. The fourth-order valence-electron chi connectivity index (χ4n) is 2.74. The number of benzene rings is 1. The van der Waals surface area contributed by atoms with Crippen molar-refractivity contribution in [1.29, 1.82) is 0 Å². The van der Waals surface area contributed by atoms with Crippen LogP contribution in [0.3, 0.4) is 0 Å². The monoisotopic (exact) mass is 414 g/mol. The van der Waals surface area contributed by atoms with Crippen LogP contribution in [0.1, 0.15) is 18.5 Å². The van der Waals surface area contributed by atoms with E-state index in [1.165, 1.54) is 16.4 Å². The van der Waals surface area contributed by atoms with E-state index < -0.39 is 0 Å². The molecule has 29 heavy (non-hydrogen) atoms. The number of nitrogens with one attached hydrogen (secondary N) is 1. The summed E-state index contributed by atoms with van der Waals surface area (Å²) in [5.41, 5.74) is 1.57. The van der Waals surface area contributed by atoms with Gasteiger partial charge in [-0.05, 0) is 37.3 Å². The molecule has 0 fully saturated rings. The van der Waals surface area contributed by atoms with Gasteiger partial charge in [-0.2, -0.15) is 0 Å². The fourth-order valence-corrected chi connectivity index (χ4v) is 3.40. The molecule has 152 valence electrons. The van der Waals surface area contributed by atoms with E-state index in [0.29, 0.717) is 22.5 Å². The van der Waals surface area contributed by atoms with Crippen LogP contribution in [-0.2, 0) is 4.79 Å². The van der Waals surface area contributed by atoms with Crippen LogP contribution in [0.5, 0.6) is 11.5 Å². The maximum absolute atomic E-state index is 12.4. The summed E-state index contributed by atoms with van der Waals surface area (Å²) in [6, 6.07) is 8.81. The van der Waals surface area contributed by atoms with Gasteiger partial charge in [0.15, 0.2) is 5.82 Å². The number of thioether (sulfide) groups is 1. The number of carbonyl (C=O) groups excluding carboxylic acids is 1. The summed E-state index contributed by atoms with van der Waals surface area (Å²) in [6.45, 7) is 1.88. The molecular weight excluding hydrogens is 392 g/mol. The second kappa shape index (κ2) is 9.28. The van der Waals surface area contributed by atoms with Gasteiger partial charge in [0.2, 0.25) is 11.1 Å². The zero-order valence-corrected chi connectivity index (χ0v) is 17.1. The second-order valence-electron chi connectivity index (χ2n) is 6.10. The number of ether oxygens (including phenoxy) is 2. The summed E-state index contributed by atoms with van der Waals surface area (Å²) in [5, 5.41) is 11.5. The van der Waals surface area contributed by atoms with Crippen molar-refractivity contribution in [1.82, 2.24) is 25.2 Å². The minimum Gasteiger partial charge on any atom is -0.497 e. The Kier molecular flexibility index (Phi) is 6.55. The van der Waals surface area contributed by atoms with Crippen molar-refractivity contribution in [3.05, 3.63) is 48.3 Å². The molecule has 1 atom stereocenters. The van der Waals surface area contributed by atoms with Crippen LogP contribution < -0.4 is 20.6 Å². The molecule has 2 heterocycles. The first-order valence-electron chi connectivity index (χ1n) is 8.78. The smallest absolute Gasteiger partial charge is 0.230 e. The van der Waals surface area contributed by atoms with E-state index >= 15 is 0 Å². The molecule has 0 bridgehead atoms. The summed E-state index contributed by atoms with van der Waals surface area (Å²) >= 11 is 1.20. The van der Waals surface area contributed by atoms with Crippen LogP contribution in [0.2, 0.25) is 0 Å². The van der Waals surface area contributed by atoms with Gasteiger partial charge in [-0.15, -0.1) is 10.2 Å². The van der Waals surface area contributed by atoms with Crippen molar-refractivity contribution in [2.45, 2.75) is 18.1 Å². The molecule has 3 aromatic rings. The van der Waals surface area contributed by atoms with Crippen LogP contribution >= 0.6 is 11.8 Å². The Bertz CT molecular complexity index is 979. The molecule has 0 spiro atoms. The lowest BCUT2D eigenvalue weighted by molar-refractivity contribution is -0.119. The summed E-state index contributed by atoms with van der Waals surface area (Å²) in [7, 11) is 3.18. The minimum atomic E-state index is -0.269. The van der Waals surface area contributed by atoms with Gasteiger partial charge in [0.1, 0.15) is 11.5 Å². The van der Waals surface area contributed by atoms with Gasteiger partial charge >= 0.3 is 0 Å². The number of nitrogens with zero attached hydrogens (tertiary/aromatic N) is 4. The molecule has 9 nitrogen and oxygen atoms in total. The average Bonchev–Trinajstić information content (AvgIpc) is 3.12. The summed E-state index contributed by atoms with van der Waals surface area (Å²) in [5.74, 6) is 7.88. The summed E-state index contributed by atoms with van der Waals surface area (Å²) < 4.78 is 12.0. The van der Waals surface area contributed by atoms with Crippen molar-refractivity contribution >= 4 is 17.7 Å². The molecule has 1 aromatic carbocycles. The van der Waals surface area contributed by atoms with Gasteiger partial charge in [-0.1, -0.05) is 11.8 Å². The van der Waals surface area contributed by atoms with Crippen molar-refractivity contribution < 1.29 is 14.3 Å². The topological polar surface area (TPSA) is 117 Å². The Morgan fingerprint density at radius 1 is 1.28 bits per heavy atom. The molecule has 0 radical (unpaired) electrons. The second-order valence-corrected chi connectivity index (χ2v) is 7.05. The van der Waals surface area contributed by atoms with Gasteiger partial charge in [0.05, 0.1) is 26.0 Å². The maximum atomic E-state index is 12.4. The Hall–Kier alpha value is -3.27. The average molecular weight is 414 g/mol. The van der Waals surface area contributed by atoms with E-state index in [2.05, 4.69) is 20.5 Å². The number of carbonyl (C=O) groups is 1. The number of hydrogen-bond donors (Lipinski definition) is 2. The third-order valence-electron chi connectivity index (χ3n) is 4.20. The highest BCUT2D eigenvalue weighted by molar-refractivity contribution is 7.99. The first-order valence-corrected chi connectivity index (χ1v) is 9.77. The van der Waals surface area contributed by atoms with Gasteiger partial charge in [0.25, 0.3) is 0 Å². The Morgan fingerprint density at radius 2 is 2.10 bits per heavy atom. The zero-order chi connectivity index (χ0) is 20.8. The number of rotatable bonds is 8. The molecule has 10 heteroatoms. The van der Waals surface area contributed by atoms with Crippen LogP contribution in [0.4, 0.5) is 0 Å². The lowest BCUT2D eigenvalue weighted by Gasteiger charge is -2.18. The lowest BCUT2D eigenvalue weighted by Crippen LogP contribution is -2.28. The Balaban J connectivity index is 1.63. The molecule has 0 saturated heterocycles. The van der Waals surface area contributed by atoms with E-state index in [-0.39, 0.29) is 17.7 Å². The van der Waals surface area contributed by atoms with Crippen LogP contribution in [0.25, 0.3) is 11.4 Å². The largest absolute Gasteiger partial charge is 0.497 e. The Morgan fingerprint density at radius 3 is 2.79 bits per heavy atom. The van der Waals surface area contributed by atoms with Crippen molar-refractivity contribution in [3.8, 4) is 22.9 Å². The van der Waals surface area contributed by atoms with E-state index in [1.807, 2.05) is 25.1 Å². The minimum absolute atomic E-state index is 0.138. The molecule has 0 aliphatic carbocycles. The quantitative estimate of drug-likeness (QED) is 0.425. The predicted molar refractivity (Wildman–Crippen MR) is 110 cm³/mol. The lowest BCUT2D eigenvalue weighted by atomic mass is 10.1. The third kappa shape index (κ3) is 4.77. The summed E-state index contributed by atoms with van der Waals surface area (Å²) in [4.78, 5) is 16.5. The van der Waals surface area contributed by atoms with Crippen LogP contribution in [0.15, 0.2) is 47.9 Å². The highest BCUT2D eigenvalue weighted by Crippen LogP contribution is 2.29. The normalized spacial score (nSPS) is 11.7. The maximum Gasteiger partial charge on any atom is 0.230 e.